The molecule has 1 aromatic carbocycles. The second-order valence-corrected chi connectivity index (χ2v) is 9.29. The maximum atomic E-state index is 12.8. The fourth-order valence-electron chi connectivity index (χ4n) is 3.61. The van der Waals surface area contributed by atoms with Gasteiger partial charge >= 0.3 is 6.03 Å². The van der Waals surface area contributed by atoms with Crippen LogP contribution in [0.1, 0.15) is 25.7 Å². The highest BCUT2D eigenvalue weighted by atomic mass is 32.2. The van der Waals surface area contributed by atoms with Crippen LogP contribution in [-0.4, -0.2) is 79.7 Å². The smallest absolute Gasteiger partial charge is 0.308 e. The molecule has 2 N–H and O–H groups in total. The van der Waals surface area contributed by atoms with E-state index in [9.17, 15) is 18.0 Å². The zero-order valence-corrected chi connectivity index (χ0v) is 17.4. The van der Waals surface area contributed by atoms with Gasteiger partial charge in [0.1, 0.15) is 0 Å². The summed E-state index contributed by atoms with van der Waals surface area (Å²) in [6, 6.07) is 8.29. The molecule has 2 aliphatic rings. The molecule has 3 amide bonds. The van der Waals surface area contributed by atoms with Gasteiger partial charge in [-0.25, -0.2) is 4.79 Å². The second kappa shape index (κ2) is 10.1. The van der Waals surface area contributed by atoms with Gasteiger partial charge in [-0.15, -0.1) is 0 Å². The third-order valence-corrected chi connectivity index (χ3v) is 7.24. The Labute approximate surface area is 172 Å². The molecule has 160 valence electrons. The van der Waals surface area contributed by atoms with Crippen molar-refractivity contribution in [1.82, 2.24) is 18.8 Å². The van der Waals surface area contributed by atoms with E-state index in [0.29, 0.717) is 45.0 Å². The second-order valence-electron chi connectivity index (χ2n) is 7.36. The average Bonchev–Trinajstić information content (AvgIpc) is 2.99. The molecule has 0 atom stereocenters. The molecule has 9 nitrogen and oxygen atoms in total. The predicted octanol–water partition coefficient (Wildman–Crippen LogP) is 1.07. The van der Waals surface area contributed by atoms with Gasteiger partial charge < -0.3 is 5.32 Å². The Kier molecular flexibility index (Phi) is 7.59. The minimum atomic E-state index is -3.44. The van der Waals surface area contributed by atoms with E-state index in [1.807, 2.05) is 11.0 Å². The summed E-state index contributed by atoms with van der Waals surface area (Å²) < 4.78 is 28.8. The standard InChI is InChI=1S/C19H29N5O4S/c25-18(21-19(26)20-17-8-4-3-5-9-17)16-22-12-14-24(15-13-22)29(27,28)23-10-6-1-2-7-11-23/h3-5,8-9H,1-2,6-7,10-16H2,(H2,20,21,25,26). The Morgan fingerprint density at radius 1 is 0.828 bits per heavy atom. The van der Waals surface area contributed by atoms with Crippen molar-refractivity contribution in [3.05, 3.63) is 30.3 Å². The van der Waals surface area contributed by atoms with E-state index >= 15 is 0 Å². The lowest BCUT2D eigenvalue weighted by molar-refractivity contribution is -0.121. The van der Waals surface area contributed by atoms with Crippen molar-refractivity contribution in [3.63, 3.8) is 0 Å². The van der Waals surface area contributed by atoms with Gasteiger partial charge in [0.2, 0.25) is 5.91 Å². The van der Waals surface area contributed by atoms with E-state index in [-0.39, 0.29) is 6.54 Å². The monoisotopic (exact) mass is 423 g/mol. The van der Waals surface area contributed by atoms with Crippen LogP contribution >= 0.6 is 0 Å². The fourth-order valence-corrected chi connectivity index (χ4v) is 5.28. The largest absolute Gasteiger partial charge is 0.325 e. The van der Waals surface area contributed by atoms with Gasteiger partial charge in [-0.05, 0) is 25.0 Å². The molecule has 0 bridgehead atoms. The molecule has 0 spiro atoms. The van der Waals surface area contributed by atoms with Gasteiger partial charge in [-0.1, -0.05) is 31.0 Å². The highest BCUT2D eigenvalue weighted by Crippen LogP contribution is 2.17. The minimum absolute atomic E-state index is 0.0554. The Balaban J connectivity index is 1.43. The first-order chi connectivity index (χ1) is 13.9. The number of carbonyl (C=O) groups excluding carboxylic acids is 2. The molecule has 1 aromatic rings. The van der Waals surface area contributed by atoms with Gasteiger partial charge in [0, 0.05) is 45.0 Å². The Morgan fingerprint density at radius 2 is 1.41 bits per heavy atom. The van der Waals surface area contributed by atoms with Crippen molar-refractivity contribution in [2.24, 2.45) is 0 Å². The van der Waals surface area contributed by atoms with E-state index in [2.05, 4.69) is 10.6 Å². The van der Waals surface area contributed by atoms with E-state index in [1.54, 1.807) is 28.6 Å². The van der Waals surface area contributed by atoms with E-state index < -0.39 is 22.1 Å². The molecule has 2 heterocycles. The number of anilines is 1. The fraction of sp³-hybridized carbons (Fsp3) is 0.579. The summed E-state index contributed by atoms with van der Waals surface area (Å²) in [7, 11) is -3.44. The van der Waals surface area contributed by atoms with Crippen molar-refractivity contribution < 1.29 is 18.0 Å². The first-order valence-electron chi connectivity index (χ1n) is 10.1. The molecular weight excluding hydrogens is 394 g/mol. The number of carbonyl (C=O) groups is 2. The van der Waals surface area contributed by atoms with Gasteiger partial charge in [0.25, 0.3) is 10.2 Å². The molecule has 0 aromatic heterocycles. The summed E-state index contributed by atoms with van der Waals surface area (Å²) in [5.41, 5.74) is 0.602. The molecule has 10 heteroatoms. The molecule has 2 aliphatic heterocycles. The van der Waals surface area contributed by atoms with Gasteiger partial charge in [-0.2, -0.15) is 17.0 Å². The molecule has 2 saturated heterocycles. The average molecular weight is 424 g/mol. The van der Waals surface area contributed by atoms with Gasteiger partial charge in [0.15, 0.2) is 0 Å². The lowest BCUT2D eigenvalue weighted by Gasteiger charge is -2.36. The lowest BCUT2D eigenvalue weighted by Crippen LogP contribution is -2.54. The summed E-state index contributed by atoms with van der Waals surface area (Å²) in [5.74, 6) is -0.415. The summed E-state index contributed by atoms with van der Waals surface area (Å²) in [6.07, 6.45) is 3.97. The number of benzene rings is 1. The predicted molar refractivity (Wildman–Crippen MR) is 111 cm³/mol. The summed E-state index contributed by atoms with van der Waals surface area (Å²) in [6.45, 7) is 2.84. The Hall–Kier alpha value is -2.01. The van der Waals surface area contributed by atoms with Crippen molar-refractivity contribution in [2.75, 3.05) is 51.1 Å². The topological polar surface area (TPSA) is 102 Å². The van der Waals surface area contributed by atoms with Gasteiger partial charge in [-0.3, -0.25) is 15.0 Å². The van der Waals surface area contributed by atoms with Crippen LogP contribution in [0.15, 0.2) is 30.3 Å². The summed E-state index contributed by atoms with van der Waals surface area (Å²) >= 11 is 0. The maximum Gasteiger partial charge on any atom is 0.325 e. The number of rotatable bonds is 5. The first kappa shape index (κ1) is 21.7. The van der Waals surface area contributed by atoms with E-state index in [4.69, 9.17) is 0 Å². The molecule has 0 unspecified atom stereocenters. The van der Waals surface area contributed by atoms with Crippen LogP contribution in [0.3, 0.4) is 0 Å². The van der Waals surface area contributed by atoms with E-state index in [1.165, 1.54) is 4.31 Å². The van der Waals surface area contributed by atoms with Crippen molar-refractivity contribution >= 4 is 27.8 Å². The molecule has 0 radical (unpaired) electrons. The van der Waals surface area contributed by atoms with Crippen molar-refractivity contribution in [3.8, 4) is 0 Å². The molecule has 0 aliphatic carbocycles. The minimum Gasteiger partial charge on any atom is -0.308 e. The van der Waals surface area contributed by atoms with Crippen LogP contribution in [0.5, 0.6) is 0 Å². The van der Waals surface area contributed by atoms with Crippen molar-refractivity contribution in [2.45, 2.75) is 25.7 Å². The SMILES string of the molecule is O=C(CN1CCN(S(=O)(=O)N2CCCCCC2)CC1)NC(=O)Nc1ccccc1. The number of piperazine rings is 1. The van der Waals surface area contributed by atoms with Crippen LogP contribution in [0.2, 0.25) is 0 Å². The van der Waals surface area contributed by atoms with Crippen LogP contribution < -0.4 is 10.6 Å². The highest BCUT2D eigenvalue weighted by molar-refractivity contribution is 7.86. The molecule has 0 saturated carbocycles. The van der Waals surface area contributed by atoms with E-state index in [0.717, 1.165) is 25.7 Å². The zero-order valence-electron chi connectivity index (χ0n) is 16.5. The molecule has 3 rings (SSSR count). The number of imide groups is 1. The number of amides is 3. The number of hydrogen-bond donors (Lipinski definition) is 2. The van der Waals surface area contributed by atoms with Crippen LogP contribution in [0.4, 0.5) is 10.5 Å². The number of nitrogens with zero attached hydrogens (tertiary/aromatic N) is 3. The summed E-state index contributed by atoms with van der Waals surface area (Å²) in [4.78, 5) is 25.9. The quantitative estimate of drug-likeness (QED) is 0.738. The van der Waals surface area contributed by atoms with Crippen molar-refractivity contribution in [1.29, 1.82) is 0 Å². The number of hydrogen-bond acceptors (Lipinski definition) is 5. The maximum absolute atomic E-state index is 12.8. The number of para-hydroxylation sites is 1. The molecular formula is C19H29N5O4S. The zero-order chi connectivity index (χ0) is 20.7. The number of nitrogens with one attached hydrogen (secondary N) is 2. The molecule has 2 fully saturated rings. The molecule has 29 heavy (non-hydrogen) atoms. The first-order valence-corrected chi connectivity index (χ1v) is 11.5. The van der Waals surface area contributed by atoms with Gasteiger partial charge in [0.05, 0.1) is 6.54 Å². The van der Waals surface area contributed by atoms with Crippen LogP contribution in [-0.2, 0) is 15.0 Å². The third-order valence-electron chi connectivity index (χ3n) is 5.20. The van der Waals surface area contributed by atoms with Crippen LogP contribution in [0.25, 0.3) is 0 Å². The highest BCUT2D eigenvalue weighted by Gasteiger charge is 2.32. The van der Waals surface area contributed by atoms with Crippen LogP contribution in [0, 0.1) is 0 Å². The Morgan fingerprint density at radius 3 is 2.03 bits per heavy atom. The normalized spacial score (nSPS) is 20.0. The number of urea groups is 1. The summed E-state index contributed by atoms with van der Waals surface area (Å²) in [5, 5.41) is 4.90. The lowest BCUT2D eigenvalue weighted by atomic mass is 10.2. The Bertz CT molecular complexity index is 786. The third kappa shape index (κ3) is 6.23.